The van der Waals surface area contributed by atoms with E-state index in [1.54, 1.807) is 41.8 Å². The number of anilines is 1. The van der Waals surface area contributed by atoms with Crippen LogP contribution in [0.2, 0.25) is 0 Å². The molecule has 1 saturated heterocycles. The van der Waals surface area contributed by atoms with E-state index >= 15 is 0 Å². The van der Waals surface area contributed by atoms with Gasteiger partial charge in [0.05, 0.1) is 7.11 Å². The first kappa shape index (κ1) is 25.6. The lowest BCUT2D eigenvalue weighted by molar-refractivity contribution is -0.137. The van der Waals surface area contributed by atoms with Gasteiger partial charge in [-0.1, -0.05) is 24.3 Å². The Morgan fingerprint density at radius 2 is 1.68 bits per heavy atom. The minimum atomic E-state index is -2.79. The summed E-state index contributed by atoms with van der Waals surface area (Å²) in [6.45, 7) is 0.679. The smallest absolute Gasteiger partial charge is 0.267 e. The molecule has 0 aliphatic carbocycles. The predicted octanol–water partition coefficient (Wildman–Crippen LogP) is 1.72. The van der Waals surface area contributed by atoms with Gasteiger partial charge in [-0.3, -0.25) is 23.3 Å². The maximum Gasteiger partial charge on any atom is 0.267 e. The van der Waals surface area contributed by atoms with Gasteiger partial charge in [-0.25, -0.2) is 5.48 Å². The monoisotopic (exact) mass is 490 g/mol. The van der Waals surface area contributed by atoms with E-state index in [2.05, 4.69) is 0 Å². The molecule has 2 atom stereocenters. The van der Waals surface area contributed by atoms with E-state index in [0.717, 1.165) is 21.2 Å². The molecule has 1 heterocycles. The van der Waals surface area contributed by atoms with Crippen LogP contribution in [0.25, 0.3) is 11.1 Å². The Labute approximate surface area is 200 Å². The Hall–Kier alpha value is -2.99. The van der Waals surface area contributed by atoms with E-state index in [1.807, 2.05) is 24.3 Å². The average Bonchev–Trinajstić information content (AvgIpc) is 2.87. The molecule has 11 heteroatoms. The Morgan fingerprint density at radius 1 is 1.12 bits per heavy atom. The zero-order chi connectivity index (χ0) is 24.7. The highest BCUT2D eigenvalue weighted by atomic mass is 32.2. The molecule has 2 aromatic carbocycles. The molecule has 2 aromatic rings. The molecular weight excluding hydrogens is 462 g/mol. The Balaban J connectivity index is 1.83. The van der Waals surface area contributed by atoms with Gasteiger partial charge in [0.15, 0.2) is 0 Å². The normalized spacial score (nSPS) is 15.9. The van der Waals surface area contributed by atoms with Crippen LogP contribution >= 0.6 is 0 Å². The lowest BCUT2D eigenvalue weighted by Gasteiger charge is -2.41. The molecule has 1 aliphatic rings. The second kappa shape index (κ2) is 11.9. The summed E-state index contributed by atoms with van der Waals surface area (Å²) in [6, 6.07) is 13.0. The van der Waals surface area contributed by atoms with Gasteiger partial charge in [0.1, 0.15) is 18.4 Å². The quantitative estimate of drug-likeness (QED) is 0.311. The van der Waals surface area contributed by atoms with Crippen molar-refractivity contribution in [3.63, 3.8) is 0 Å². The third-order valence-corrected chi connectivity index (χ3v) is 6.70. The molecule has 0 saturated carbocycles. The first-order valence-electron chi connectivity index (χ1n) is 10.7. The van der Waals surface area contributed by atoms with E-state index in [9.17, 15) is 23.6 Å². The summed E-state index contributed by atoms with van der Waals surface area (Å²) in [6.07, 6.45) is 0.788. The fourth-order valence-electron chi connectivity index (χ4n) is 4.18. The molecule has 0 spiro atoms. The Bertz CT molecular complexity index is 993. The van der Waals surface area contributed by atoms with Crippen molar-refractivity contribution in [1.82, 2.24) is 10.4 Å². The van der Waals surface area contributed by atoms with Crippen LogP contribution < -0.4 is 14.5 Å². The number of benzene rings is 2. The van der Waals surface area contributed by atoms with Gasteiger partial charge < -0.3 is 18.9 Å². The van der Waals surface area contributed by atoms with Gasteiger partial charge in [-0.05, 0) is 54.2 Å². The number of rotatable bonds is 9. The van der Waals surface area contributed by atoms with Crippen molar-refractivity contribution >= 4 is 28.8 Å². The molecule has 184 valence electrons. The van der Waals surface area contributed by atoms with Crippen molar-refractivity contribution in [3.05, 3.63) is 48.5 Å². The van der Waals surface area contributed by atoms with Crippen LogP contribution in [-0.4, -0.2) is 70.6 Å². The molecule has 1 fully saturated rings. The highest BCUT2D eigenvalue weighted by Crippen LogP contribution is 2.31. The number of nitrogens with zero attached hydrogens (tertiary/aromatic N) is 2. The lowest BCUT2D eigenvalue weighted by atomic mass is 9.88. The van der Waals surface area contributed by atoms with Crippen LogP contribution in [0, 0.1) is 5.92 Å². The topological polar surface area (TPSA) is 131 Å². The van der Waals surface area contributed by atoms with Gasteiger partial charge in [0.2, 0.25) is 5.91 Å². The minimum Gasteiger partial charge on any atom is -0.755 e. The molecule has 0 aromatic heterocycles. The number of methoxy groups -OCH3 is 2. The third-order valence-electron chi connectivity index (χ3n) is 5.94. The summed E-state index contributed by atoms with van der Waals surface area (Å²) < 4.78 is 35.5. The standard InChI is InChI=1S/C23H29N3O7S/c1-32-15-21(27)25-13-11-18(12-14-25)22(23(28)24-29)26(34(30)31)19-7-3-16(4-8-19)17-5-9-20(33-2)10-6-17/h3-10,18,22,29H,11-15H2,1-2H3,(H,24,28)(H,30,31)/p-1. The molecule has 2 amide bonds. The highest BCUT2D eigenvalue weighted by Gasteiger charge is 2.37. The maximum absolute atomic E-state index is 12.6. The second-order valence-corrected chi connectivity index (χ2v) is 8.72. The average molecular weight is 491 g/mol. The van der Waals surface area contributed by atoms with Crippen molar-refractivity contribution in [1.29, 1.82) is 0 Å². The van der Waals surface area contributed by atoms with Crippen LogP contribution in [0.5, 0.6) is 5.75 Å². The van der Waals surface area contributed by atoms with Crippen molar-refractivity contribution in [2.45, 2.75) is 18.9 Å². The number of hydrogen-bond acceptors (Lipinski definition) is 7. The number of piperidine rings is 1. The third kappa shape index (κ3) is 5.92. The molecule has 0 bridgehead atoms. The zero-order valence-electron chi connectivity index (χ0n) is 19.0. The summed E-state index contributed by atoms with van der Waals surface area (Å²) in [5.74, 6) is -0.674. The van der Waals surface area contributed by atoms with Crippen LogP contribution in [0.4, 0.5) is 5.69 Å². The van der Waals surface area contributed by atoms with Gasteiger partial charge in [-0.15, -0.1) is 0 Å². The summed E-state index contributed by atoms with van der Waals surface area (Å²) in [5, 5.41) is 9.34. The minimum absolute atomic E-state index is 0.0392. The molecule has 2 N–H and O–H groups in total. The fraction of sp³-hybridized carbons (Fsp3) is 0.391. The fourth-order valence-corrected chi connectivity index (χ4v) is 4.93. The number of carbonyl (C=O) groups excluding carboxylic acids is 2. The Morgan fingerprint density at radius 3 is 2.15 bits per heavy atom. The van der Waals surface area contributed by atoms with Crippen molar-refractivity contribution in [2.75, 3.05) is 38.2 Å². The van der Waals surface area contributed by atoms with Gasteiger partial charge in [0, 0.05) is 37.2 Å². The molecular formula is C23H28N3O7S-. The first-order valence-corrected chi connectivity index (χ1v) is 11.8. The number of hydrogen-bond donors (Lipinski definition) is 2. The van der Waals surface area contributed by atoms with Crippen molar-refractivity contribution in [2.24, 2.45) is 5.92 Å². The van der Waals surface area contributed by atoms with E-state index in [1.165, 1.54) is 7.11 Å². The summed E-state index contributed by atoms with van der Waals surface area (Å²) in [7, 11) is 3.02. The molecule has 2 unspecified atom stereocenters. The van der Waals surface area contributed by atoms with Gasteiger partial charge in [-0.2, -0.15) is 0 Å². The lowest BCUT2D eigenvalue weighted by Crippen LogP contribution is -2.54. The summed E-state index contributed by atoms with van der Waals surface area (Å²) in [4.78, 5) is 26.3. The number of likely N-dealkylation sites (tertiary alicyclic amines) is 1. The largest absolute Gasteiger partial charge is 0.755 e. The van der Waals surface area contributed by atoms with Crippen molar-refractivity contribution < 1.29 is 33.0 Å². The number of hydroxylamine groups is 1. The van der Waals surface area contributed by atoms with E-state index in [-0.39, 0.29) is 18.2 Å². The molecule has 0 radical (unpaired) electrons. The summed E-state index contributed by atoms with van der Waals surface area (Å²) >= 11 is -2.79. The SMILES string of the molecule is COCC(=O)N1CCC(C(C(=O)NO)N(c2ccc(-c3ccc(OC)cc3)cc2)S(=O)[O-])CC1. The first-order chi connectivity index (χ1) is 16.4. The van der Waals surface area contributed by atoms with Crippen LogP contribution in [0.15, 0.2) is 48.5 Å². The van der Waals surface area contributed by atoms with Crippen LogP contribution in [-0.2, 0) is 25.6 Å². The van der Waals surface area contributed by atoms with Crippen LogP contribution in [0.1, 0.15) is 12.8 Å². The van der Waals surface area contributed by atoms with E-state index in [0.29, 0.717) is 25.9 Å². The molecule has 34 heavy (non-hydrogen) atoms. The zero-order valence-corrected chi connectivity index (χ0v) is 19.8. The van der Waals surface area contributed by atoms with Gasteiger partial charge in [0.25, 0.3) is 5.91 Å². The number of amides is 2. The molecule has 1 aliphatic heterocycles. The van der Waals surface area contributed by atoms with Crippen molar-refractivity contribution in [3.8, 4) is 16.9 Å². The maximum atomic E-state index is 12.6. The number of nitrogens with one attached hydrogen (secondary N) is 1. The predicted molar refractivity (Wildman–Crippen MR) is 125 cm³/mol. The highest BCUT2D eigenvalue weighted by molar-refractivity contribution is 7.80. The van der Waals surface area contributed by atoms with Crippen LogP contribution in [0.3, 0.4) is 0 Å². The Kier molecular flexibility index (Phi) is 8.99. The second-order valence-electron chi connectivity index (χ2n) is 7.89. The number of carbonyl (C=O) groups is 2. The molecule has 10 nitrogen and oxygen atoms in total. The molecule has 3 rings (SSSR count). The van der Waals surface area contributed by atoms with E-state index < -0.39 is 29.1 Å². The van der Waals surface area contributed by atoms with E-state index in [4.69, 9.17) is 9.47 Å². The summed E-state index contributed by atoms with van der Waals surface area (Å²) in [5.41, 5.74) is 3.67. The number of ether oxygens (including phenoxy) is 2. The van der Waals surface area contributed by atoms with Gasteiger partial charge >= 0.3 is 0 Å².